The summed E-state index contributed by atoms with van der Waals surface area (Å²) >= 11 is 0. The number of anilines is 1. The lowest BCUT2D eigenvalue weighted by atomic mass is 10.1. The fraction of sp³-hybridized carbons (Fsp3) is 0.350. The van der Waals surface area contributed by atoms with Gasteiger partial charge < -0.3 is 10.1 Å². The van der Waals surface area contributed by atoms with Crippen LogP contribution >= 0.6 is 0 Å². The second-order valence-corrected chi connectivity index (χ2v) is 6.91. The largest absolute Gasteiger partial charge is 0.474 e. The Bertz CT molecular complexity index is 914. The van der Waals surface area contributed by atoms with Crippen molar-refractivity contribution in [3.05, 3.63) is 54.4 Å². The number of amides is 1. The number of ether oxygens (including phenoxy) is 1. The van der Waals surface area contributed by atoms with Crippen molar-refractivity contribution in [2.45, 2.75) is 25.9 Å². The molecule has 2 aromatic heterocycles. The maximum absolute atomic E-state index is 12.2. The minimum Gasteiger partial charge on any atom is -0.474 e. The Kier molecular flexibility index (Phi) is 5.02. The number of rotatable bonds is 5. The first-order valence-electron chi connectivity index (χ1n) is 9.22. The van der Waals surface area contributed by atoms with Gasteiger partial charge in [-0.3, -0.25) is 9.69 Å². The number of nitrogens with one attached hydrogen (secondary N) is 1. The van der Waals surface area contributed by atoms with E-state index < -0.39 is 0 Å². The van der Waals surface area contributed by atoms with Crippen molar-refractivity contribution >= 4 is 17.2 Å². The van der Waals surface area contributed by atoms with Gasteiger partial charge in [-0.2, -0.15) is 10.1 Å². The molecule has 0 saturated carbocycles. The standard InChI is InChI=1S/C20H23N5O2/c1-15-2-4-16(5-3-15)22-19(26)14-24-11-7-17(8-12-24)27-20-9-13-25-18(23-20)6-10-21-25/h2-6,9-10,13,17H,7-8,11-12,14H2,1H3,(H,22,26). The van der Waals surface area contributed by atoms with E-state index in [0.29, 0.717) is 12.4 Å². The van der Waals surface area contributed by atoms with E-state index in [1.807, 2.05) is 49.5 Å². The molecule has 1 amide bonds. The summed E-state index contributed by atoms with van der Waals surface area (Å²) < 4.78 is 7.72. The normalized spacial score (nSPS) is 15.7. The van der Waals surface area contributed by atoms with Crippen LogP contribution in [0.4, 0.5) is 5.69 Å². The van der Waals surface area contributed by atoms with Crippen LogP contribution in [-0.2, 0) is 4.79 Å². The first-order chi connectivity index (χ1) is 13.2. The van der Waals surface area contributed by atoms with Crippen LogP contribution in [0.25, 0.3) is 5.65 Å². The zero-order valence-corrected chi connectivity index (χ0v) is 15.3. The van der Waals surface area contributed by atoms with Crippen LogP contribution in [0.1, 0.15) is 18.4 Å². The number of carbonyl (C=O) groups excluding carboxylic acids is 1. The van der Waals surface area contributed by atoms with Crippen LogP contribution in [0.2, 0.25) is 0 Å². The van der Waals surface area contributed by atoms with E-state index in [2.05, 4.69) is 20.3 Å². The number of hydrogen-bond donors (Lipinski definition) is 1. The fourth-order valence-electron chi connectivity index (χ4n) is 3.26. The van der Waals surface area contributed by atoms with Gasteiger partial charge in [0.25, 0.3) is 0 Å². The summed E-state index contributed by atoms with van der Waals surface area (Å²) in [6.07, 6.45) is 5.45. The van der Waals surface area contributed by atoms with Gasteiger partial charge in [-0.25, -0.2) is 4.52 Å². The number of piperidine rings is 1. The fourth-order valence-corrected chi connectivity index (χ4v) is 3.26. The molecule has 27 heavy (non-hydrogen) atoms. The van der Waals surface area contributed by atoms with Gasteiger partial charge >= 0.3 is 0 Å². The van der Waals surface area contributed by atoms with Crippen molar-refractivity contribution in [3.63, 3.8) is 0 Å². The van der Waals surface area contributed by atoms with Crippen LogP contribution in [-0.4, -0.2) is 51.1 Å². The Morgan fingerprint density at radius 1 is 1.19 bits per heavy atom. The van der Waals surface area contributed by atoms with Crippen LogP contribution < -0.4 is 10.1 Å². The maximum Gasteiger partial charge on any atom is 0.238 e. The second-order valence-electron chi connectivity index (χ2n) is 6.91. The Hall–Kier alpha value is -2.93. The lowest BCUT2D eigenvalue weighted by Gasteiger charge is -2.31. The number of aryl methyl sites for hydroxylation is 1. The third-order valence-electron chi connectivity index (χ3n) is 4.76. The van der Waals surface area contributed by atoms with Crippen molar-refractivity contribution in [3.8, 4) is 5.88 Å². The van der Waals surface area contributed by atoms with E-state index in [9.17, 15) is 4.79 Å². The van der Waals surface area contributed by atoms with E-state index in [0.717, 1.165) is 37.3 Å². The highest BCUT2D eigenvalue weighted by atomic mass is 16.5. The molecule has 0 spiro atoms. The van der Waals surface area contributed by atoms with E-state index in [-0.39, 0.29) is 12.0 Å². The van der Waals surface area contributed by atoms with Gasteiger partial charge in [0.05, 0.1) is 12.7 Å². The van der Waals surface area contributed by atoms with Crippen LogP contribution in [0.5, 0.6) is 5.88 Å². The van der Waals surface area contributed by atoms with Gasteiger partial charge in [-0.1, -0.05) is 17.7 Å². The van der Waals surface area contributed by atoms with E-state index in [4.69, 9.17) is 4.74 Å². The van der Waals surface area contributed by atoms with Crippen molar-refractivity contribution in [2.75, 3.05) is 25.0 Å². The van der Waals surface area contributed by atoms with Crippen molar-refractivity contribution in [2.24, 2.45) is 0 Å². The quantitative estimate of drug-likeness (QED) is 0.752. The Labute approximate surface area is 158 Å². The summed E-state index contributed by atoms with van der Waals surface area (Å²) in [6, 6.07) is 11.5. The molecule has 1 N–H and O–H groups in total. The molecule has 1 aliphatic heterocycles. The third-order valence-corrected chi connectivity index (χ3v) is 4.76. The topological polar surface area (TPSA) is 71.8 Å². The predicted octanol–water partition coefficient (Wildman–Crippen LogP) is 2.52. The predicted molar refractivity (Wildman–Crippen MR) is 103 cm³/mol. The third kappa shape index (κ3) is 4.43. The number of likely N-dealkylation sites (tertiary alicyclic amines) is 1. The summed E-state index contributed by atoms with van der Waals surface area (Å²) in [6.45, 7) is 4.10. The van der Waals surface area contributed by atoms with E-state index in [1.165, 1.54) is 5.56 Å². The molecule has 0 radical (unpaired) electrons. The summed E-state index contributed by atoms with van der Waals surface area (Å²) in [5.74, 6) is 0.643. The lowest BCUT2D eigenvalue weighted by molar-refractivity contribution is -0.117. The highest BCUT2D eigenvalue weighted by Gasteiger charge is 2.22. The Balaban J connectivity index is 1.24. The summed E-state index contributed by atoms with van der Waals surface area (Å²) in [5, 5.41) is 7.08. The molecule has 0 atom stereocenters. The number of hydrogen-bond acceptors (Lipinski definition) is 5. The second kappa shape index (κ2) is 7.75. The molecule has 0 unspecified atom stereocenters. The highest BCUT2D eigenvalue weighted by molar-refractivity contribution is 5.92. The Morgan fingerprint density at radius 3 is 2.74 bits per heavy atom. The number of carbonyl (C=O) groups is 1. The van der Waals surface area contributed by atoms with Crippen molar-refractivity contribution in [1.82, 2.24) is 19.5 Å². The van der Waals surface area contributed by atoms with Gasteiger partial charge in [0, 0.05) is 37.1 Å². The van der Waals surface area contributed by atoms with E-state index in [1.54, 1.807) is 10.7 Å². The maximum atomic E-state index is 12.2. The summed E-state index contributed by atoms with van der Waals surface area (Å²) in [5.41, 5.74) is 2.79. The molecule has 4 rings (SSSR count). The molecule has 3 aromatic rings. The van der Waals surface area contributed by atoms with Gasteiger partial charge in [0.2, 0.25) is 11.8 Å². The molecule has 1 fully saturated rings. The smallest absolute Gasteiger partial charge is 0.238 e. The molecule has 7 heteroatoms. The lowest BCUT2D eigenvalue weighted by Crippen LogP contribution is -2.42. The van der Waals surface area contributed by atoms with Gasteiger partial charge in [-0.05, 0) is 31.9 Å². The van der Waals surface area contributed by atoms with Gasteiger partial charge in [0.1, 0.15) is 6.10 Å². The monoisotopic (exact) mass is 365 g/mol. The minimum atomic E-state index is 0.0195. The van der Waals surface area contributed by atoms with Crippen LogP contribution in [0.3, 0.4) is 0 Å². The first-order valence-corrected chi connectivity index (χ1v) is 9.22. The SMILES string of the molecule is Cc1ccc(NC(=O)CN2CCC(Oc3ccn4nccc4n3)CC2)cc1. The molecule has 7 nitrogen and oxygen atoms in total. The average molecular weight is 365 g/mol. The van der Waals surface area contributed by atoms with E-state index >= 15 is 0 Å². The number of nitrogens with zero attached hydrogens (tertiary/aromatic N) is 4. The highest BCUT2D eigenvalue weighted by Crippen LogP contribution is 2.18. The zero-order valence-electron chi connectivity index (χ0n) is 15.3. The summed E-state index contributed by atoms with van der Waals surface area (Å²) in [4.78, 5) is 18.8. The molecule has 0 bridgehead atoms. The average Bonchev–Trinajstić information content (AvgIpc) is 3.13. The molecule has 1 aromatic carbocycles. The Morgan fingerprint density at radius 2 is 1.96 bits per heavy atom. The summed E-state index contributed by atoms with van der Waals surface area (Å²) in [7, 11) is 0. The molecule has 1 saturated heterocycles. The first kappa shape index (κ1) is 17.5. The van der Waals surface area contributed by atoms with Crippen molar-refractivity contribution < 1.29 is 9.53 Å². The molecule has 3 heterocycles. The van der Waals surface area contributed by atoms with Crippen LogP contribution in [0.15, 0.2) is 48.8 Å². The molecule has 1 aliphatic rings. The molecular weight excluding hydrogens is 342 g/mol. The number of aromatic nitrogens is 3. The van der Waals surface area contributed by atoms with Gasteiger partial charge in [0.15, 0.2) is 5.65 Å². The molecule has 0 aliphatic carbocycles. The number of benzene rings is 1. The molecular formula is C20H23N5O2. The minimum absolute atomic E-state index is 0.0195. The number of fused-ring (bicyclic) bond motifs is 1. The van der Waals surface area contributed by atoms with Gasteiger partial charge in [-0.15, -0.1) is 0 Å². The molecule has 140 valence electrons. The van der Waals surface area contributed by atoms with Crippen LogP contribution in [0, 0.1) is 6.92 Å². The van der Waals surface area contributed by atoms with Crippen molar-refractivity contribution in [1.29, 1.82) is 0 Å². The zero-order chi connectivity index (χ0) is 18.6.